The van der Waals surface area contributed by atoms with Crippen LogP contribution in [0.4, 0.5) is 21.5 Å². The molecule has 0 atom stereocenters. The number of hydrogen-bond acceptors (Lipinski definition) is 4. The molecule has 0 amide bonds. The van der Waals surface area contributed by atoms with Crippen LogP contribution in [0.1, 0.15) is 12.8 Å². The Morgan fingerprint density at radius 3 is 2.50 bits per heavy atom. The Morgan fingerprint density at radius 1 is 1.12 bits per heavy atom. The molecule has 0 bridgehead atoms. The Balaban J connectivity index is 1.47. The van der Waals surface area contributed by atoms with E-state index in [2.05, 4.69) is 22.3 Å². The first-order valence-corrected chi connectivity index (χ1v) is 8.91. The first-order chi connectivity index (χ1) is 12.6. The molecule has 2 aromatic carbocycles. The van der Waals surface area contributed by atoms with E-state index in [9.17, 15) is 9.18 Å². The van der Waals surface area contributed by atoms with Crippen molar-refractivity contribution in [1.29, 1.82) is 0 Å². The molecule has 6 heteroatoms. The van der Waals surface area contributed by atoms with Gasteiger partial charge in [0.1, 0.15) is 0 Å². The van der Waals surface area contributed by atoms with Gasteiger partial charge >= 0.3 is 5.76 Å². The summed E-state index contributed by atoms with van der Waals surface area (Å²) in [5.41, 5.74) is 4.33. The predicted molar refractivity (Wildman–Crippen MR) is 102 cm³/mol. The highest BCUT2D eigenvalue weighted by Crippen LogP contribution is 2.26. The number of alkyl halides is 1. The van der Waals surface area contributed by atoms with E-state index in [4.69, 9.17) is 4.42 Å². The Kier molecular flexibility index (Phi) is 4.41. The number of piperidine rings is 1. The molecule has 1 aliphatic heterocycles. The highest BCUT2D eigenvalue weighted by Gasteiger charge is 2.19. The Bertz CT molecular complexity index is 953. The van der Waals surface area contributed by atoms with Gasteiger partial charge in [0.25, 0.3) is 0 Å². The van der Waals surface area contributed by atoms with Gasteiger partial charge < -0.3 is 14.6 Å². The number of nitrogens with zero attached hydrogens (tertiary/aromatic N) is 2. The minimum atomic E-state index is -0.363. The van der Waals surface area contributed by atoms with E-state index in [0.717, 1.165) is 48.5 Å². The fourth-order valence-electron chi connectivity index (χ4n) is 3.48. The normalized spacial score (nSPS) is 15.5. The minimum absolute atomic E-state index is 0.206. The Morgan fingerprint density at radius 2 is 1.81 bits per heavy atom. The fourth-order valence-corrected chi connectivity index (χ4v) is 3.48. The molecule has 1 saturated heterocycles. The smallest absolute Gasteiger partial charge is 0.408 e. The van der Waals surface area contributed by atoms with Gasteiger partial charge in [0.2, 0.25) is 0 Å². The van der Waals surface area contributed by atoms with Gasteiger partial charge in [-0.25, -0.2) is 4.79 Å². The van der Waals surface area contributed by atoms with Gasteiger partial charge in [-0.15, -0.1) is 0 Å². The summed E-state index contributed by atoms with van der Waals surface area (Å²) in [6.45, 7) is 1.61. The van der Waals surface area contributed by atoms with E-state index in [1.807, 2.05) is 30.3 Å². The van der Waals surface area contributed by atoms with Crippen LogP contribution in [0.2, 0.25) is 0 Å². The maximum absolute atomic E-state index is 12.7. The zero-order valence-corrected chi connectivity index (χ0v) is 14.7. The van der Waals surface area contributed by atoms with Crippen LogP contribution < -0.4 is 16.0 Å². The lowest BCUT2D eigenvalue weighted by Gasteiger charge is -2.32. The number of hydrogen-bond donors (Lipinski definition) is 1. The van der Waals surface area contributed by atoms with Crippen LogP contribution in [0.15, 0.2) is 51.7 Å². The highest BCUT2D eigenvalue weighted by atomic mass is 19.1. The minimum Gasteiger partial charge on any atom is -0.408 e. The SMILES string of the molecule is Cn1c(=O)oc2cc(Nc3ccc(N4CCC(CF)CC4)cc3)ccc21. The molecular weight excluding hydrogens is 333 g/mol. The molecule has 0 aliphatic carbocycles. The van der Waals surface area contributed by atoms with Crippen LogP contribution in [0.5, 0.6) is 0 Å². The lowest BCUT2D eigenvalue weighted by atomic mass is 9.98. The zero-order valence-electron chi connectivity index (χ0n) is 14.7. The lowest BCUT2D eigenvalue weighted by molar-refractivity contribution is 0.307. The van der Waals surface area contributed by atoms with Crippen molar-refractivity contribution in [2.75, 3.05) is 30.0 Å². The standard InChI is InChI=1S/C20H22FN3O2/c1-23-18-7-4-16(12-19(18)26-20(23)25)22-15-2-5-17(6-3-15)24-10-8-14(13-21)9-11-24/h2-7,12,14,22H,8-11,13H2,1H3. The second kappa shape index (κ2) is 6.86. The van der Waals surface area contributed by atoms with Crippen molar-refractivity contribution in [3.63, 3.8) is 0 Å². The van der Waals surface area contributed by atoms with Crippen molar-refractivity contribution in [3.05, 3.63) is 53.0 Å². The van der Waals surface area contributed by atoms with Gasteiger partial charge in [-0.05, 0) is 55.2 Å². The van der Waals surface area contributed by atoms with Crippen molar-refractivity contribution < 1.29 is 8.81 Å². The summed E-state index contributed by atoms with van der Waals surface area (Å²) < 4.78 is 19.5. The summed E-state index contributed by atoms with van der Waals surface area (Å²) in [4.78, 5) is 13.9. The number of fused-ring (bicyclic) bond motifs is 1. The van der Waals surface area contributed by atoms with Crippen molar-refractivity contribution >= 4 is 28.2 Å². The van der Waals surface area contributed by atoms with Gasteiger partial charge in [-0.3, -0.25) is 8.96 Å². The van der Waals surface area contributed by atoms with Crippen molar-refractivity contribution in [1.82, 2.24) is 4.57 Å². The average Bonchev–Trinajstić information content (AvgIpc) is 2.96. The molecule has 1 fully saturated rings. The third-order valence-electron chi connectivity index (χ3n) is 5.15. The summed E-state index contributed by atoms with van der Waals surface area (Å²) in [7, 11) is 1.69. The monoisotopic (exact) mass is 355 g/mol. The maximum atomic E-state index is 12.7. The van der Waals surface area contributed by atoms with Gasteiger partial charge in [0, 0.05) is 43.3 Å². The largest absolute Gasteiger partial charge is 0.419 e. The molecule has 1 aliphatic rings. The molecular formula is C20H22FN3O2. The molecule has 0 unspecified atom stereocenters. The number of anilines is 3. The number of nitrogens with one attached hydrogen (secondary N) is 1. The summed E-state index contributed by atoms with van der Waals surface area (Å²) in [6.07, 6.45) is 1.83. The number of halogens is 1. The molecule has 0 radical (unpaired) electrons. The molecule has 136 valence electrons. The second-order valence-corrected chi connectivity index (χ2v) is 6.87. The van der Waals surface area contributed by atoms with E-state index in [0.29, 0.717) is 5.58 Å². The first kappa shape index (κ1) is 16.7. The molecule has 1 N–H and O–H groups in total. The predicted octanol–water partition coefficient (Wildman–Crippen LogP) is 4.06. The first-order valence-electron chi connectivity index (χ1n) is 8.91. The van der Waals surface area contributed by atoms with Gasteiger partial charge in [-0.1, -0.05) is 0 Å². The number of aromatic nitrogens is 1. The van der Waals surface area contributed by atoms with Gasteiger partial charge in [0.05, 0.1) is 12.2 Å². The zero-order chi connectivity index (χ0) is 18.1. The van der Waals surface area contributed by atoms with Crippen molar-refractivity contribution in [3.8, 4) is 0 Å². The number of rotatable bonds is 4. The van der Waals surface area contributed by atoms with Crippen LogP contribution in [-0.2, 0) is 7.05 Å². The third kappa shape index (κ3) is 3.19. The van der Waals surface area contributed by atoms with Crippen LogP contribution in [-0.4, -0.2) is 24.3 Å². The molecule has 1 aromatic heterocycles. The summed E-state index contributed by atoms with van der Waals surface area (Å²) in [5.74, 6) is -0.141. The van der Waals surface area contributed by atoms with E-state index < -0.39 is 0 Å². The Hall–Kier alpha value is -2.76. The number of oxazole rings is 1. The lowest BCUT2D eigenvalue weighted by Crippen LogP contribution is -2.34. The summed E-state index contributed by atoms with van der Waals surface area (Å²) >= 11 is 0. The van der Waals surface area contributed by atoms with Gasteiger partial charge in [-0.2, -0.15) is 0 Å². The van der Waals surface area contributed by atoms with Crippen LogP contribution in [0, 0.1) is 5.92 Å². The topological polar surface area (TPSA) is 50.4 Å². The second-order valence-electron chi connectivity index (χ2n) is 6.87. The number of benzene rings is 2. The van der Waals surface area contributed by atoms with Crippen molar-refractivity contribution in [2.45, 2.75) is 12.8 Å². The molecule has 0 saturated carbocycles. The number of aryl methyl sites for hydroxylation is 1. The molecule has 2 heterocycles. The van der Waals surface area contributed by atoms with E-state index in [1.165, 1.54) is 4.57 Å². The summed E-state index contributed by atoms with van der Waals surface area (Å²) in [5, 5.41) is 3.33. The van der Waals surface area contributed by atoms with Crippen LogP contribution in [0.3, 0.4) is 0 Å². The van der Waals surface area contributed by atoms with Crippen LogP contribution >= 0.6 is 0 Å². The average molecular weight is 355 g/mol. The molecule has 5 nitrogen and oxygen atoms in total. The Labute approximate surface area is 151 Å². The third-order valence-corrected chi connectivity index (χ3v) is 5.15. The molecule has 26 heavy (non-hydrogen) atoms. The highest BCUT2D eigenvalue weighted by molar-refractivity contribution is 5.79. The van der Waals surface area contributed by atoms with E-state index in [1.54, 1.807) is 7.05 Å². The van der Waals surface area contributed by atoms with E-state index >= 15 is 0 Å². The van der Waals surface area contributed by atoms with Crippen LogP contribution in [0.25, 0.3) is 11.1 Å². The van der Waals surface area contributed by atoms with Crippen molar-refractivity contribution in [2.24, 2.45) is 13.0 Å². The molecule has 0 spiro atoms. The molecule has 4 rings (SSSR count). The van der Waals surface area contributed by atoms with E-state index in [-0.39, 0.29) is 18.3 Å². The fraction of sp³-hybridized carbons (Fsp3) is 0.350. The van der Waals surface area contributed by atoms with Gasteiger partial charge in [0.15, 0.2) is 5.58 Å². The quantitative estimate of drug-likeness (QED) is 0.767. The summed E-state index contributed by atoms with van der Waals surface area (Å²) in [6, 6.07) is 13.8. The maximum Gasteiger partial charge on any atom is 0.419 e. The molecule has 3 aromatic rings.